The van der Waals surface area contributed by atoms with E-state index in [2.05, 4.69) is 26.6 Å². The molecule has 1 saturated heterocycles. The summed E-state index contributed by atoms with van der Waals surface area (Å²) >= 11 is 0. The lowest BCUT2D eigenvalue weighted by Gasteiger charge is -2.33. The van der Waals surface area contributed by atoms with E-state index in [9.17, 15) is 58.5 Å². The second kappa shape index (κ2) is 23.0. The van der Waals surface area contributed by atoms with Gasteiger partial charge >= 0.3 is 17.9 Å². The van der Waals surface area contributed by atoms with E-state index in [0.717, 1.165) is 23.3 Å². The Morgan fingerprint density at radius 1 is 0.738 bits per heavy atom. The van der Waals surface area contributed by atoms with Crippen molar-refractivity contribution in [3.05, 3.63) is 48.0 Å². The Balaban J connectivity index is 1.89. The lowest BCUT2D eigenvalue weighted by atomic mass is 9.95. The van der Waals surface area contributed by atoms with Crippen LogP contribution in [-0.4, -0.2) is 122 Å². The maximum atomic E-state index is 14.5. The number of amides is 6. The summed E-state index contributed by atoms with van der Waals surface area (Å²) in [7, 11) is 0. The predicted molar refractivity (Wildman–Crippen MR) is 219 cm³/mol. The monoisotopic (exact) mass is 854 g/mol. The number of carbonyl (C=O) groups excluding carboxylic acids is 6. The van der Waals surface area contributed by atoms with Crippen molar-refractivity contribution < 1.29 is 63.2 Å². The van der Waals surface area contributed by atoms with Gasteiger partial charge in [0.15, 0.2) is 0 Å². The molecule has 0 unspecified atom stereocenters. The van der Waals surface area contributed by atoms with Gasteiger partial charge in [-0.3, -0.25) is 38.4 Å². The van der Waals surface area contributed by atoms with E-state index < -0.39 is 120 Å². The molecule has 1 aliphatic heterocycles. The predicted octanol–water partition coefficient (Wildman–Crippen LogP) is 1.31. The Kier molecular flexibility index (Phi) is 18.6. The molecule has 334 valence electrons. The molecule has 2 aromatic rings. The summed E-state index contributed by atoms with van der Waals surface area (Å²) in [6, 6.07) is 4.98. The van der Waals surface area contributed by atoms with Gasteiger partial charge in [-0.05, 0) is 34.6 Å². The Morgan fingerprint density at radius 3 is 1.90 bits per heavy atom. The van der Waals surface area contributed by atoms with Crippen LogP contribution in [-0.2, 0) is 54.5 Å². The molecular weight excluding hydrogens is 796 g/mol. The zero-order valence-corrected chi connectivity index (χ0v) is 35.3. The second-order valence-electron chi connectivity index (χ2n) is 15.6. The van der Waals surface area contributed by atoms with Gasteiger partial charge in [0.2, 0.25) is 35.4 Å². The number of aliphatic carboxylic acids is 3. The molecule has 8 atom stereocenters. The van der Waals surface area contributed by atoms with E-state index in [1.54, 1.807) is 34.6 Å². The van der Waals surface area contributed by atoms with E-state index in [-0.39, 0.29) is 26.0 Å². The lowest BCUT2D eigenvalue weighted by molar-refractivity contribution is -0.146. The van der Waals surface area contributed by atoms with Gasteiger partial charge in [-0.25, -0.2) is 4.79 Å². The third-order valence-electron chi connectivity index (χ3n) is 10.5. The average molecular weight is 855 g/mol. The van der Waals surface area contributed by atoms with Crippen LogP contribution < -0.4 is 26.6 Å². The van der Waals surface area contributed by atoms with E-state index in [0.29, 0.717) is 12.8 Å². The molecule has 19 nitrogen and oxygen atoms in total. The summed E-state index contributed by atoms with van der Waals surface area (Å²) in [5.74, 6) is -10.6. The smallest absolute Gasteiger partial charge is 0.326 e. The first-order valence-electron chi connectivity index (χ1n) is 20.3. The second-order valence-corrected chi connectivity index (χ2v) is 15.6. The van der Waals surface area contributed by atoms with Crippen LogP contribution in [0.15, 0.2) is 42.5 Å². The first kappa shape index (κ1) is 49.3. The molecule has 8 N–H and O–H groups in total. The number of ether oxygens (including phenoxy) is 1. The Hall–Kier alpha value is -6.11. The molecule has 0 bridgehead atoms. The van der Waals surface area contributed by atoms with Crippen LogP contribution in [0.2, 0.25) is 0 Å². The molecule has 1 fully saturated rings. The van der Waals surface area contributed by atoms with Gasteiger partial charge in [0.1, 0.15) is 36.3 Å². The number of nitrogens with one attached hydrogen (secondary N) is 5. The molecule has 19 heteroatoms. The minimum atomic E-state index is -1.81. The van der Waals surface area contributed by atoms with Crippen molar-refractivity contribution in [1.82, 2.24) is 31.5 Å². The van der Waals surface area contributed by atoms with Crippen molar-refractivity contribution in [2.75, 3.05) is 6.54 Å². The fourth-order valence-corrected chi connectivity index (χ4v) is 7.03. The lowest BCUT2D eigenvalue weighted by Crippen LogP contribution is -2.61. The molecule has 6 amide bonds. The van der Waals surface area contributed by atoms with E-state index >= 15 is 0 Å². The van der Waals surface area contributed by atoms with Crippen LogP contribution in [0.3, 0.4) is 0 Å². The number of rotatable bonds is 23. The third-order valence-corrected chi connectivity index (χ3v) is 10.5. The molecule has 1 heterocycles. The number of carboxylic acid groups (broad SMARTS) is 3. The molecule has 1 aliphatic rings. The van der Waals surface area contributed by atoms with Crippen LogP contribution >= 0.6 is 0 Å². The van der Waals surface area contributed by atoms with Crippen LogP contribution in [0.25, 0.3) is 10.8 Å². The maximum Gasteiger partial charge on any atom is 0.326 e. The zero-order valence-electron chi connectivity index (χ0n) is 35.3. The fraction of sp³-hybridized carbons (Fsp3) is 0.548. The standard InChI is InChI=1S/C42H58N6O13/c1-7-12-29(42(59)60)44-39(56)32-17-27(61-21-26-15-11-14-25-13-9-10-16-28(25)26)20-48(32)41(58)35(22(3)4)46-40(57)36(23(5)8-2)47-38(55)31(19-34(52)53)45-37(54)30(18-33(50)51)43-24(6)49/h9-11,13-16,22-23,27,29-32,35-36H,7-8,12,17-21H2,1-6H3,(H,43,49)(H,44,56)(H,45,54)(H,46,57)(H,47,55)(H,50,51)(H,52,53)(H,59,60)/t23-,27+,29-,30-,31-,32-,35-,36-/m0/s1. The summed E-state index contributed by atoms with van der Waals surface area (Å²) in [6.07, 6.45) is -1.56. The number of carboxylic acids is 3. The molecule has 61 heavy (non-hydrogen) atoms. The first-order chi connectivity index (χ1) is 28.8. The van der Waals surface area contributed by atoms with E-state index in [1.165, 1.54) is 4.90 Å². The fourth-order valence-electron chi connectivity index (χ4n) is 7.03. The van der Waals surface area contributed by atoms with Gasteiger partial charge < -0.3 is 51.5 Å². The molecule has 0 radical (unpaired) electrons. The van der Waals surface area contributed by atoms with Gasteiger partial charge in [0.25, 0.3) is 0 Å². The summed E-state index contributed by atoms with van der Waals surface area (Å²) in [6.45, 7) is 9.53. The Morgan fingerprint density at radius 2 is 1.33 bits per heavy atom. The molecule has 3 rings (SSSR count). The van der Waals surface area contributed by atoms with Gasteiger partial charge in [-0.15, -0.1) is 0 Å². The number of hydrogen-bond donors (Lipinski definition) is 8. The molecule has 0 saturated carbocycles. The topological polar surface area (TPSA) is 287 Å². The van der Waals surface area contributed by atoms with Crippen molar-refractivity contribution in [3.8, 4) is 0 Å². The van der Waals surface area contributed by atoms with Gasteiger partial charge in [-0.2, -0.15) is 0 Å². The molecule has 0 spiro atoms. The van der Waals surface area contributed by atoms with Crippen molar-refractivity contribution >= 4 is 64.1 Å². The van der Waals surface area contributed by atoms with Gasteiger partial charge in [-0.1, -0.05) is 89.9 Å². The normalized spacial score (nSPS) is 17.9. The summed E-state index contributed by atoms with van der Waals surface area (Å²) < 4.78 is 6.29. The number of benzene rings is 2. The Bertz CT molecular complexity index is 1920. The molecule has 0 aliphatic carbocycles. The maximum absolute atomic E-state index is 14.5. The zero-order chi connectivity index (χ0) is 45.6. The number of likely N-dealkylation sites (tertiary alicyclic amines) is 1. The van der Waals surface area contributed by atoms with Crippen LogP contribution in [0, 0.1) is 11.8 Å². The highest BCUT2D eigenvalue weighted by molar-refractivity contribution is 5.98. The highest BCUT2D eigenvalue weighted by Crippen LogP contribution is 2.26. The Labute approximate surface area is 353 Å². The number of fused-ring (bicyclic) bond motifs is 1. The highest BCUT2D eigenvalue weighted by atomic mass is 16.5. The summed E-state index contributed by atoms with van der Waals surface area (Å²) in [5, 5.41) is 42.6. The van der Waals surface area contributed by atoms with E-state index in [4.69, 9.17) is 4.74 Å². The average Bonchev–Trinajstić information content (AvgIpc) is 3.63. The number of carbonyl (C=O) groups is 9. The van der Waals surface area contributed by atoms with Crippen LogP contribution in [0.1, 0.15) is 85.6 Å². The SMILES string of the molecule is CCC[C@H](NC(=O)[C@@H]1C[C@@H](OCc2cccc3ccccc23)CN1C(=O)[C@@H](NC(=O)[C@@H](NC(=O)[C@H](CC(=O)O)NC(=O)[C@H](CC(=O)O)NC(C)=O)[C@@H](C)CC)C(C)C)C(=O)O. The van der Waals surface area contributed by atoms with Crippen LogP contribution in [0.5, 0.6) is 0 Å². The van der Waals surface area contributed by atoms with Crippen molar-refractivity contribution in [3.63, 3.8) is 0 Å². The summed E-state index contributed by atoms with van der Waals surface area (Å²) in [4.78, 5) is 117. The molecule has 2 aromatic carbocycles. The van der Waals surface area contributed by atoms with Crippen molar-refractivity contribution in [2.45, 2.75) is 129 Å². The minimum Gasteiger partial charge on any atom is -0.481 e. The highest BCUT2D eigenvalue weighted by Gasteiger charge is 2.45. The largest absolute Gasteiger partial charge is 0.481 e. The van der Waals surface area contributed by atoms with Crippen LogP contribution in [0.4, 0.5) is 0 Å². The van der Waals surface area contributed by atoms with Gasteiger partial charge in [0.05, 0.1) is 25.6 Å². The van der Waals surface area contributed by atoms with Crippen molar-refractivity contribution in [1.29, 1.82) is 0 Å². The summed E-state index contributed by atoms with van der Waals surface area (Å²) in [5.41, 5.74) is 0.876. The third kappa shape index (κ3) is 14.3. The van der Waals surface area contributed by atoms with Gasteiger partial charge in [0, 0.05) is 19.9 Å². The van der Waals surface area contributed by atoms with E-state index in [1.807, 2.05) is 42.5 Å². The first-order valence-corrected chi connectivity index (χ1v) is 20.3. The molecular formula is C42H58N6O13. The molecule has 0 aromatic heterocycles. The number of hydrogen-bond acceptors (Lipinski definition) is 10. The quantitative estimate of drug-likeness (QED) is 0.0784. The van der Waals surface area contributed by atoms with Crippen molar-refractivity contribution in [2.24, 2.45) is 11.8 Å². The number of nitrogens with zero attached hydrogens (tertiary/aromatic N) is 1. The minimum absolute atomic E-state index is 0.0249.